The predicted molar refractivity (Wildman–Crippen MR) is 102 cm³/mol. The summed E-state index contributed by atoms with van der Waals surface area (Å²) in [5.74, 6) is -0.758. The van der Waals surface area contributed by atoms with Gasteiger partial charge in [0.15, 0.2) is 0 Å². The van der Waals surface area contributed by atoms with Crippen molar-refractivity contribution < 1.29 is 9.90 Å². The summed E-state index contributed by atoms with van der Waals surface area (Å²) in [5, 5.41) is 9.93. The minimum atomic E-state index is -0.758. The van der Waals surface area contributed by atoms with E-state index in [2.05, 4.69) is 27.8 Å². The van der Waals surface area contributed by atoms with E-state index in [0.29, 0.717) is 0 Å². The van der Waals surface area contributed by atoms with Gasteiger partial charge in [0.1, 0.15) is 6.04 Å². The lowest BCUT2D eigenvalue weighted by Crippen LogP contribution is -2.37. The molecule has 1 aromatic heterocycles. The minimum absolute atomic E-state index is 0.565. The molecule has 0 bridgehead atoms. The highest BCUT2D eigenvalue weighted by atomic mass is 16.4. The van der Waals surface area contributed by atoms with E-state index < -0.39 is 12.0 Å². The summed E-state index contributed by atoms with van der Waals surface area (Å²) in [6.07, 6.45) is 5.51. The number of carbonyl (C=O) groups is 1. The lowest BCUT2D eigenvalue weighted by atomic mass is 9.97. The van der Waals surface area contributed by atoms with Crippen LogP contribution in [0.3, 0.4) is 0 Å². The van der Waals surface area contributed by atoms with Gasteiger partial charge < -0.3 is 5.11 Å². The molecule has 1 aliphatic rings. The van der Waals surface area contributed by atoms with Crippen molar-refractivity contribution in [2.75, 3.05) is 26.2 Å². The van der Waals surface area contributed by atoms with Crippen molar-refractivity contribution in [2.45, 2.75) is 32.4 Å². The summed E-state index contributed by atoms with van der Waals surface area (Å²) in [4.78, 5) is 20.8. The quantitative estimate of drug-likeness (QED) is 0.865. The van der Waals surface area contributed by atoms with Crippen LogP contribution < -0.4 is 0 Å². The van der Waals surface area contributed by atoms with Gasteiger partial charge in [-0.2, -0.15) is 0 Å². The average Bonchev–Trinajstić information content (AvgIpc) is 2.88. The Labute approximate surface area is 155 Å². The van der Waals surface area contributed by atoms with Crippen LogP contribution in [-0.4, -0.2) is 52.0 Å². The molecule has 0 aliphatic carbocycles. The van der Waals surface area contributed by atoms with Crippen LogP contribution >= 0.6 is 0 Å². The molecule has 1 aliphatic heterocycles. The van der Waals surface area contributed by atoms with Gasteiger partial charge in [0.25, 0.3) is 0 Å². The number of hydrogen-bond acceptors (Lipinski definition) is 4. The number of benzene rings is 1. The van der Waals surface area contributed by atoms with E-state index in [-0.39, 0.29) is 0 Å². The highest BCUT2D eigenvalue weighted by Gasteiger charge is 2.30. The fourth-order valence-corrected chi connectivity index (χ4v) is 3.77. The summed E-state index contributed by atoms with van der Waals surface area (Å²) >= 11 is 0. The largest absolute Gasteiger partial charge is 0.480 e. The first-order valence-electron chi connectivity index (χ1n) is 9.35. The van der Waals surface area contributed by atoms with Gasteiger partial charge in [-0.15, -0.1) is 0 Å². The van der Waals surface area contributed by atoms with Crippen LogP contribution in [0.15, 0.2) is 48.8 Å². The molecule has 1 fully saturated rings. The first-order valence-corrected chi connectivity index (χ1v) is 9.35. The lowest BCUT2D eigenvalue weighted by Gasteiger charge is -2.29. The zero-order valence-electron chi connectivity index (χ0n) is 15.3. The average molecular weight is 353 g/mol. The van der Waals surface area contributed by atoms with Gasteiger partial charge in [0.05, 0.1) is 0 Å². The van der Waals surface area contributed by atoms with Crippen molar-refractivity contribution in [1.29, 1.82) is 0 Å². The van der Waals surface area contributed by atoms with Gasteiger partial charge in [-0.1, -0.05) is 37.3 Å². The molecular formula is C21H27N3O2. The van der Waals surface area contributed by atoms with E-state index in [0.717, 1.165) is 56.7 Å². The van der Waals surface area contributed by atoms with E-state index in [1.165, 1.54) is 5.56 Å². The van der Waals surface area contributed by atoms with Crippen molar-refractivity contribution >= 4 is 5.97 Å². The Balaban J connectivity index is 1.72. The van der Waals surface area contributed by atoms with Crippen molar-refractivity contribution in [3.63, 3.8) is 0 Å². The first-order chi connectivity index (χ1) is 12.7. The van der Waals surface area contributed by atoms with Gasteiger partial charge in [0, 0.05) is 38.6 Å². The van der Waals surface area contributed by atoms with Crippen molar-refractivity contribution in [3.05, 3.63) is 65.5 Å². The summed E-state index contributed by atoms with van der Waals surface area (Å²) in [7, 11) is 0. The number of hydrogen-bond donors (Lipinski definition) is 1. The standard InChI is InChI=1S/C21H27N3O2/c1-2-18-8-3-4-9-19(18)20(21(25)26)24-12-6-11-23(13-14-24)16-17-7-5-10-22-15-17/h3-5,7-10,15,20H,2,6,11-14,16H2,1H3,(H,25,26)/t20-/m0/s1. The summed E-state index contributed by atoms with van der Waals surface area (Å²) in [5.41, 5.74) is 3.26. The van der Waals surface area contributed by atoms with E-state index >= 15 is 0 Å². The van der Waals surface area contributed by atoms with Gasteiger partial charge in [-0.25, -0.2) is 0 Å². The van der Waals surface area contributed by atoms with Crippen LogP contribution in [0, 0.1) is 0 Å². The molecule has 1 N–H and O–H groups in total. The smallest absolute Gasteiger partial charge is 0.325 e. The second kappa shape index (κ2) is 8.92. The third-order valence-electron chi connectivity index (χ3n) is 5.08. The van der Waals surface area contributed by atoms with E-state index in [1.807, 2.05) is 36.5 Å². The molecule has 2 aromatic rings. The number of carboxylic acid groups (broad SMARTS) is 1. The highest BCUT2D eigenvalue weighted by Crippen LogP contribution is 2.26. The van der Waals surface area contributed by atoms with Gasteiger partial charge in [0.2, 0.25) is 0 Å². The van der Waals surface area contributed by atoms with Crippen molar-refractivity contribution in [2.24, 2.45) is 0 Å². The molecule has 0 spiro atoms. The van der Waals surface area contributed by atoms with Crippen LogP contribution in [0.2, 0.25) is 0 Å². The minimum Gasteiger partial charge on any atom is -0.480 e. The molecule has 2 heterocycles. The first kappa shape index (κ1) is 18.5. The zero-order valence-corrected chi connectivity index (χ0v) is 15.3. The van der Waals surface area contributed by atoms with Crippen LogP contribution in [0.1, 0.15) is 36.1 Å². The number of carboxylic acids is 1. The van der Waals surface area contributed by atoms with Crippen molar-refractivity contribution in [3.8, 4) is 0 Å². The Morgan fingerprint density at radius 3 is 2.73 bits per heavy atom. The van der Waals surface area contributed by atoms with E-state index in [9.17, 15) is 9.90 Å². The molecule has 138 valence electrons. The van der Waals surface area contributed by atoms with Gasteiger partial charge >= 0.3 is 5.97 Å². The Morgan fingerprint density at radius 1 is 1.15 bits per heavy atom. The summed E-state index contributed by atoms with van der Waals surface area (Å²) in [6, 6.07) is 11.4. The summed E-state index contributed by atoms with van der Waals surface area (Å²) in [6.45, 7) is 6.36. The molecule has 1 saturated heterocycles. The highest BCUT2D eigenvalue weighted by molar-refractivity contribution is 5.76. The number of aliphatic carboxylic acids is 1. The number of rotatable bonds is 6. The molecule has 0 saturated carbocycles. The molecule has 5 heteroatoms. The van der Waals surface area contributed by atoms with Crippen LogP contribution in [0.25, 0.3) is 0 Å². The molecule has 0 radical (unpaired) electrons. The number of aryl methyl sites for hydroxylation is 1. The molecule has 5 nitrogen and oxygen atoms in total. The third kappa shape index (κ3) is 4.48. The molecule has 0 unspecified atom stereocenters. The molecular weight excluding hydrogens is 326 g/mol. The van der Waals surface area contributed by atoms with E-state index in [4.69, 9.17) is 0 Å². The van der Waals surface area contributed by atoms with E-state index in [1.54, 1.807) is 6.20 Å². The fraction of sp³-hybridized carbons (Fsp3) is 0.429. The van der Waals surface area contributed by atoms with Crippen LogP contribution in [-0.2, 0) is 17.8 Å². The topological polar surface area (TPSA) is 56.7 Å². The van der Waals surface area contributed by atoms with Gasteiger partial charge in [-0.05, 0) is 42.1 Å². The van der Waals surface area contributed by atoms with Crippen LogP contribution in [0.4, 0.5) is 0 Å². The second-order valence-corrected chi connectivity index (χ2v) is 6.82. The molecule has 1 aromatic carbocycles. The normalized spacial score (nSPS) is 17.6. The maximum absolute atomic E-state index is 12.1. The monoisotopic (exact) mass is 353 g/mol. The van der Waals surface area contributed by atoms with Crippen LogP contribution in [0.5, 0.6) is 0 Å². The molecule has 3 rings (SSSR count). The Kier molecular flexibility index (Phi) is 6.36. The number of nitrogens with zero attached hydrogens (tertiary/aromatic N) is 3. The Morgan fingerprint density at radius 2 is 2.00 bits per heavy atom. The lowest BCUT2D eigenvalue weighted by molar-refractivity contribution is -0.143. The second-order valence-electron chi connectivity index (χ2n) is 6.82. The fourth-order valence-electron chi connectivity index (χ4n) is 3.77. The predicted octanol–water partition coefficient (Wildman–Crippen LogP) is 2.98. The molecule has 1 atom stereocenters. The molecule has 0 amide bonds. The molecule has 26 heavy (non-hydrogen) atoms. The summed E-state index contributed by atoms with van der Waals surface area (Å²) < 4.78 is 0. The third-order valence-corrected chi connectivity index (χ3v) is 5.08. The maximum Gasteiger partial charge on any atom is 0.325 e. The zero-order chi connectivity index (χ0) is 18.4. The maximum atomic E-state index is 12.1. The Hall–Kier alpha value is -2.24. The van der Waals surface area contributed by atoms with Crippen molar-refractivity contribution in [1.82, 2.24) is 14.8 Å². The van der Waals surface area contributed by atoms with Gasteiger partial charge in [-0.3, -0.25) is 19.6 Å². The SMILES string of the molecule is CCc1ccccc1[C@@H](C(=O)O)N1CCCN(Cc2cccnc2)CC1. The number of aromatic nitrogens is 1. The Bertz CT molecular complexity index is 720. The number of pyridine rings is 1.